The molecular formula is C63H40N2O2. The van der Waals surface area contributed by atoms with Crippen LogP contribution in [0.15, 0.2) is 215 Å². The van der Waals surface area contributed by atoms with Crippen LogP contribution in [0.3, 0.4) is 0 Å². The maximum atomic E-state index is 6.99. The quantitative estimate of drug-likeness (QED) is 0.177. The molecule has 0 fully saturated rings. The van der Waals surface area contributed by atoms with E-state index in [1.54, 1.807) is 0 Å². The summed E-state index contributed by atoms with van der Waals surface area (Å²) < 4.78 is 18.0. The highest BCUT2D eigenvalue weighted by Crippen LogP contribution is 2.53. The normalized spacial score (nSPS) is 13.3. The second-order valence-electron chi connectivity index (χ2n) is 18.8. The van der Waals surface area contributed by atoms with Crippen molar-refractivity contribution in [3.8, 4) is 44.8 Å². The van der Waals surface area contributed by atoms with Crippen LogP contribution in [0.25, 0.3) is 132 Å². The van der Waals surface area contributed by atoms with E-state index in [2.05, 4.69) is 217 Å². The van der Waals surface area contributed by atoms with E-state index in [1.165, 1.54) is 77.0 Å². The Morgan fingerprint density at radius 1 is 0.328 bits per heavy atom. The summed E-state index contributed by atoms with van der Waals surface area (Å²) >= 11 is 0. The van der Waals surface area contributed by atoms with Crippen molar-refractivity contribution >= 4 is 87.5 Å². The fraction of sp³-hybridized carbons (Fsp3) is 0.0476. The predicted octanol–water partition coefficient (Wildman–Crippen LogP) is 17.3. The molecule has 0 aliphatic heterocycles. The largest absolute Gasteiger partial charge is 0.456 e. The molecule has 0 amide bonds. The lowest BCUT2D eigenvalue weighted by Crippen LogP contribution is -2.14. The van der Waals surface area contributed by atoms with Crippen LogP contribution in [0.2, 0.25) is 0 Å². The third-order valence-electron chi connectivity index (χ3n) is 14.9. The Kier molecular flexibility index (Phi) is 7.26. The van der Waals surface area contributed by atoms with Gasteiger partial charge in [-0.1, -0.05) is 153 Å². The van der Waals surface area contributed by atoms with Crippen molar-refractivity contribution in [3.63, 3.8) is 0 Å². The van der Waals surface area contributed by atoms with Gasteiger partial charge in [-0.15, -0.1) is 0 Å². The Bertz CT molecular complexity index is 4420. The van der Waals surface area contributed by atoms with Gasteiger partial charge in [0.25, 0.3) is 0 Å². The number of rotatable bonds is 4. The van der Waals surface area contributed by atoms with Gasteiger partial charge in [0.05, 0.1) is 22.1 Å². The molecule has 10 aromatic carbocycles. The van der Waals surface area contributed by atoms with Crippen LogP contribution in [0.5, 0.6) is 0 Å². The zero-order chi connectivity index (χ0) is 44.1. The fourth-order valence-corrected chi connectivity index (χ4v) is 11.8. The Balaban J connectivity index is 0.848. The molecule has 0 spiro atoms. The maximum Gasteiger partial charge on any atom is 0.143 e. The highest BCUT2D eigenvalue weighted by atomic mass is 16.3. The highest BCUT2D eigenvalue weighted by molar-refractivity contribution is 6.16. The van der Waals surface area contributed by atoms with Crippen molar-refractivity contribution in [2.45, 2.75) is 19.3 Å². The minimum atomic E-state index is -0.0884. The summed E-state index contributed by atoms with van der Waals surface area (Å²) in [6.07, 6.45) is 0. The van der Waals surface area contributed by atoms with E-state index in [0.29, 0.717) is 0 Å². The Morgan fingerprint density at radius 3 is 1.76 bits per heavy atom. The fourth-order valence-electron chi connectivity index (χ4n) is 11.8. The second kappa shape index (κ2) is 13.2. The number of fused-ring (bicyclic) bond motifs is 16. The molecule has 1 aliphatic rings. The van der Waals surface area contributed by atoms with E-state index in [4.69, 9.17) is 8.83 Å². The van der Waals surface area contributed by atoms with Gasteiger partial charge in [0.1, 0.15) is 22.3 Å². The Morgan fingerprint density at radius 2 is 0.910 bits per heavy atom. The average molecular weight is 857 g/mol. The maximum absolute atomic E-state index is 6.99. The molecule has 0 saturated heterocycles. The van der Waals surface area contributed by atoms with Crippen molar-refractivity contribution in [2.24, 2.45) is 0 Å². The standard InChI is InChI=1S/C63H40N2O2/c1-63(2)52-18-7-3-15-49(52)60-53(63)31-30-48-47-17-11-16-42(61(47)67-62(48)60)37-22-26-40(27-23-37)64-54-19-8-4-12-43(54)45-29-24-39(35-57(45)64)38-25-32-56-50(34-38)44-13-5-9-20-55(44)65(56)41-28-33-59-51(36-41)46-14-6-10-21-58(46)66-59/h3-36H,1-2H3. The summed E-state index contributed by atoms with van der Waals surface area (Å²) in [5, 5.41) is 9.46. The van der Waals surface area contributed by atoms with Gasteiger partial charge in [-0.3, -0.25) is 0 Å². The van der Waals surface area contributed by atoms with E-state index >= 15 is 0 Å². The third kappa shape index (κ3) is 5.02. The predicted molar refractivity (Wildman–Crippen MR) is 278 cm³/mol. The molecule has 0 atom stereocenters. The minimum Gasteiger partial charge on any atom is -0.456 e. The molecule has 314 valence electrons. The first kappa shape index (κ1) is 36.7. The first-order valence-electron chi connectivity index (χ1n) is 23.2. The van der Waals surface area contributed by atoms with E-state index < -0.39 is 0 Å². The zero-order valence-electron chi connectivity index (χ0n) is 36.8. The molecule has 1 aliphatic carbocycles. The van der Waals surface area contributed by atoms with Crippen molar-refractivity contribution in [1.29, 1.82) is 0 Å². The molecule has 4 heterocycles. The molecule has 67 heavy (non-hydrogen) atoms. The molecule has 4 aromatic heterocycles. The van der Waals surface area contributed by atoms with E-state index in [0.717, 1.165) is 66.4 Å². The summed E-state index contributed by atoms with van der Waals surface area (Å²) in [4.78, 5) is 0. The van der Waals surface area contributed by atoms with Gasteiger partial charge in [-0.25, -0.2) is 0 Å². The Hall–Kier alpha value is -8.60. The van der Waals surface area contributed by atoms with Crippen LogP contribution in [0.1, 0.15) is 25.0 Å². The molecule has 14 aromatic rings. The summed E-state index contributed by atoms with van der Waals surface area (Å²) in [5.41, 5.74) is 20.3. The molecule has 0 radical (unpaired) electrons. The molecule has 0 unspecified atom stereocenters. The van der Waals surface area contributed by atoms with Gasteiger partial charge >= 0.3 is 0 Å². The van der Waals surface area contributed by atoms with Crippen LogP contribution in [-0.4, -0.2) is 9.13 Å². The second-order valence-corrected chi connectivity index (χ2v) is 18.8. The van der Waals surface area contributed by atoms with Gasteiger partial charge in [0.2, 0.25) is 0 Å². The Labute approximate surface area is 385 Å². The number of para-hydroxylation sites is 4. The van der Waals surface area contributed by atoms with Gasteiger partial charge in [0, 0.05) is 71.0 Å². The monoisotopic (exact) mass is 856 g/mol. The topological polar surface area (TPSA) is 36.1 Å². The van der Waals surface area contributed by atoms with E-state index in [1.807, 2.05) is 12.1 Å². The van der Waals surface area contributed by atoms with Crippen LogP contribution in [0, 0.1) is 0 Å². The van der Waals surface area contributed by atoms with E-state index in [-0.39, 0.29) is 5.41 Å². The van der Waals surface area contributed by atoms with Crippen LogP contribution in [-0.2, 0) is 5.41 Å². The lowest BCUT2D eigenvalue weighted by atomic mass is 9.82. The SMILES string of the molecule is CC1(C)c2ccccc2-c2c1ccc1c2oc2c(-c3ccc(-n4c5ccccc5c5ccc(-c6ccc7c(c6)c6ccccc6n7-c6ccc7oc8ccccc8c7c6)cc54)cc3)cccc21. The lowest BCUT2D eigenvalue weighted by molar-refractivity contribution is 0.653. The average Bonchev–Trinajstić information content (AvgIpc) is 4.17. The highest BCUT2D eigenvalue weighted by Gasteiger charge is 2.37. The van der Waals surface area contributed by atoms with Crippen LogP contribution < -0.4 is 0 Å². The summed E-state index contributed by atoms with van der Waals surface area (Å²) in [5.74, 6) is 0. The smallest absolute Gasteiger partial charge is 0.143 e. The van der Waals surface area contributed by atoms with Crippen LogP contribution in [0.4, 0.5) is 0 Å². The number of hydrogen-bond acceptors (Lipinski definition) is 2. The zero-order valence-corrected chi connectivity index (χ0v) is 36.8. The van der Waals surface area contributed by atoms with Gasteiger partial charge < -0.3 is 18.0 Å². The minimum absolute atomic E-state index is 0.0884. The molecule has 15 rings (SSSR count). The number of hydrogen-bond donors (Lipinski definition) is 0. The van der Waals surface area contributed by atoms with Gasteiger partial charge in [0.15, 0.2) is 0 Å². The molecule has 4 nitrogen and oxygen atoms in total. The number of aromatic nitrogens is 2. The van der Waals surface area contributed by atoms with Gasteiger partial charge in [-0.05, 0) is 100 Å². The first-order valence-corrected chi connectivity index (χ1v) is 23.2. The molecular weight excluding hydrogens is 817 g/mol. The summed E-state index contributed by atoms with van der Waals surface area (Å²) in [6.45, 7) is 4.64. The van der Waals surface area contributed by atoms with Crippen molar-refractivity contribution in [3.05, 3.63) is 217 Å². The van der Waals surface area contributed by atoms with Crippen LogP contribution >= 0.6 is 0 Å². The molecule has 0 N–H and O–H groups in total. The molecule has 4 heteroatoms. The summed E-state index contributed by atoms with van der Waals surface area (Å²) in [7, 11) is 0. The number of benzene rings is 10. The first-order chi connectivity index (χ1) is 33.0. The van der Waals surface area contributed by atoms with E-state index in [9.17, 15) is 0 Å². The summed E-state index contributed by atoms with van der Waals surface area (Å²) in [6, 6.07) is 75.2. The van der Waals surface area contributed by atoms with Crippen molar-refractivity contribution in [2.75, 3.05) is 0 Å². The molecule has 0 saturated carbocycles. The van der Waals surface area contributed by atoms with Gasteiger partial charge in [-0.2, -0.15) is 0 Å². The molecule has 0 bridgehead atoms. The van der Waals surface area contributed by atoms with Crippen molar-refractivity contribution in [1.82, 2.24) is 9.13 Å². The number of nitrogens with zero attached hydrogens (tertiary/aromatic N) is 2. The lowest BCUT2D eigenvalue weighted by Gasteiger charge is -2.21. The third-order valence-corrected chi connectivity index (χ3v) is 14.9. The van der Waals surface area contributed by atoms with Crippen molar-refractivity contribution < 1.29 is 8.83 Å². The number of furan rings is 2.